The molecule has 1 fully saturated rings. The van der Waals surface area contributed by atoms with Crippen molar-refractivity contribution in [3.63, 3.8) is 0 Å². The van der Waals surface area contributed by atoms with Crippen molar-refractivity contribution in [1.82, 2.24) is 10.2 Å². The van der Waals surface area contributed by atoms with Crippen molar-refractivity contribution in [2.24, 2.45) is 0 Å². The van der Waals surface area contributed by atoms with Gasteiger partial charge in [0.25, 0.3) is 0 Å². The third-order valence-electron chi connectivity index (χ3n) is 1.73. The Morgan fingerprint density at radius 2 is 2.18 bits per heavy atom. The van der Waals surface area contributed by atoms with Crippen LogP contribution in [-0.2, 0) is 4.79 Å². The molecule has 0 saturated carbocycles. The summed E-state index contributed by atoms with van der Waals surface area (Å²) >= 11 is 2.00. The molecule has 11 heavy (non-hydrogen) atoms. The SMILES string of the molecule is O=[C]NCCN1CCSCC1. The normalized spacial score (nSPS) is 19.6. The third-order valence-corrected chi connectivity index (χ3v) is 2.67. The van der Waals surface area contributed by atoms with Crippen LogP contribution in [0.4, 0.5) is 0 Å². The molecule has 1 rings (SSSR count). The lowest BCUT2D eigenvalue weighted by atomic mass is 10.4. The van der Waals surface area contributed by atoms with E-state index in [9.17, 15) is 4.79 Å². The van der Waals surface area contributed by atoms with Crippen LogP contribution in [0.15, 0.2) is 0 Å². The second-order valence-electron chi connectivity index (χ2n) is 2.48. The Labute approximate surface area is 71.5 Å². The standard InChI is InChI=1S/C7H13N2OS/c10-7-8-1-2-9-3-5-11-6-4-9/h1-6H2,(H,8,10). The first-order chi connectivity index (χ1) is 5.43. The molecule has 0 aromatic carbocycles. The minimum absolute atomic E-state index is 0.730. The van der Waals surface area contributed by atoms with E-state index < -0.39 is 0 Å². The summed E-state index contributed by atoms with van der Waals surface area (Å²) in [5.74, 6) is 2.45. The second kappa shape index (κ2) is 5.43. The first-order valence-corrected chi connectivity index (χ1v) is 4.99. The molecule has 0 atom stereocenters. The minimum Gasteiger partial charge on any atom is -0.347 e. The van der Waals surface area contributed by atoms with Crippen LogP contribution < -0.4 is 5.32 Å². The van der Waals surface area contributed by atoms with Gasteiger partial charge >= 0.3 is 6.41 Å². The maximum Gasteiger partial charge on any atom is 0.309 e. The zero-order valence-electron chi connectivity index (χ0n) is 6.51. The number of nitrogens with zero attached hydrogens (tertiary/aromatic N) is 1. The molecule has 4 heteroatoms. The third kappa shape index (κ3) is 3.62. The Kier molecular flexibility index (Phi) is 4.38. The van der Waals surface area contributed by atoms with Crippen molar-refractivity contribution >= 4 is 18.2 Å². The zero-order chi connectivity index (χ0) is 7.94. The van der Waals surface area contributed by atoms with Crippen LogP contribution in [0.25, 0.3) is 0 Å². The Balaban J connectivity index is 2.00. The summed E-state index contributed by atoms with van der Waals surface area (Å²) in [6.07, 6.45) is 1.68. The highest BCUT2D eigenvalue weighted by Gasteiger charge is 2.08. The molecule has 0 aromatic heterocycles. The molecule has 1 aliphatic heterocycles. The molecule has 0 aromatic rings. The van der Waals surface area contributed by atoms with Gasteiger partial charge in [0.15, 0.2) is 0 Å². The van der Waals surface area contributed by atoms with E-state index in [-0.39, 0.29) is 0 Å². The number of carbonyl (C=O) groups excluding carboxylic acids is 1. The first-order valence-electron chi connectivity index (χ1n) is 3.83. The summed E-state index contributed by atoms with van der Waals surface area (Å²) in [6.45, 7) is 4.01. The highest BCUT2D eigenvalue weighted by Crippen LogP contribution is 2.07. The summed E-state index contributed by atoms with van der Waals surface area (Å²) in [4.78, 5) is 12.1. The minimum atomic E-state index is 0.730. The number of nitrogens with one attached hydrogen (secondary N) is 1. The maximum absolute atomic E-state index is 9.79. The van der Waals surface area contributed by atoms with Crippen LogP contribution in [0.2, 0.25) is 0 Å². The lowest BCUT2D eigenvalue weighted by Gasteiger charge is -2.25. The average molecular weight is 173 g/mol. The van der Waals surface area contributed by atoms with Gasteiger partial charge in [-0.05, 0) is 0 Å². The lowest BCUT2D eigenvalue weighted by Crippen LogP contribution is -2.37. The number of hydrogen-bond acceptors (Lipinski definition) is 3. The van der Waals surface area contributed by atoms with E-state index in [1.165, 1.54) is 11.5 Å². The number of thioether (sulfide) groups is 1. The van der Waals surface area contributed by atoms with Gasteiger partial charge in [0, 0.05) is 37.7 Å². The van der Waals surface area contributed by atoms with E-state index in [1.54, 1.807) is 6.41 Å². The molecular weight excluding hydrogens is 160 g/mol. The molecule has 63 valence electrons. The molecule has 0 spiro atoms. The van der Waals surface area contributed by atoms with E-state index in [0.29, 0.717) is 0 Å². The van der Waals surface area contributed by atoms with Crippen molar-refractivity contribution in [2.75, 3.05) is 37.7 Å². The molecule has 1 radical (unpaired) electrons. The van der Waals surface area contributed by atoms with Crippen LogP contribution in [0.5, 0.6) is 0 Å². The van der Waals surface area contributed by atoms with Crippen molar-refractivity contribution in [3.05, 3.63) is 0 Å². The molecule has 0 aliphatic carbocycles. The quantitative estimate of drug-likeness (QED) is 0.467. The van der Waals surface area contributed by atoms with E-state index in [0.717, 1.165) is 26.2 Å². The van der Waals surface area contributed by atoms with E-state index in [1.807, 2.05) is 11.8 Å². The molecule has 0 unspecified atom stereocenters. The van der Waals surface area contributed by atoms with Gasteiger partial charge < -0.3 is 5.32 Å². The van der Waals surface area contributed by atoms with Crippen LogP contribution in [-0.4, -0.2) is 49.0 Å². The number of hydrogen-bond donors (Lipinski definition) is 1. The maximum atomic E-state index is 9.79. The van der Waals surface area contributed by atoms with Crippen LogP contribution in [0, 0.1) is 0 Å². The van der Waals surface area contributed by atoms with E-state index >= 15 is 0 Å². The van der Waals surface area contributed by atoms with Crippen molar-refractivity contribution in [2.45, 2.75) is 0 Å². The average Bonchev–Trinajstić information content (AvgIpc) is 2.07. The van der Waals surface area contributed by atoms with Gasteiger partial charge in [-0.3, -0.25) is 9.69 Å². The molecular formula is C7H13N2OS. The Morgan fingerprint density at radius 1 is 1.45 bits per heavy atom. The summed E-state index contributed by atoms with van der Waals surface area (Å²) in [5, 5.41) is 2.54. The molecule has 1 heterocycles. The van der Waals surface area contributed by atoms with Crippen molar-refractivity contribution < 1.29 is 4.79 Å². The number of amides is 1. The predicted octanol–water partition coefficient (Wildman–Crippen LogP) is -0.308. The molecule has 3 nitrogen and oxygen atoms in total. The van der Waals surface area contributed by atoms with Gasteiger partial charge in [-0.2, -0.15) is 11.8 Å². The highest BCUT2D eigenvalue weighted by atomic mass is 32.2. The smallest absolute Gasteiger partial charge is 0.309 e. The van der Waals surface area contributed by atoms with Gasteiger partial charge in [-0.1, -0.05) is 0 Å². The molecule has 0 bridgehead atoms. The summed E-state index contributed by atoms with van der Waals surface area (Å²) in [6, 6.07) is 0. The van der Waals surface area contributed by atoms with Crippen molar-refractivity contribution in [1.29, 1.82) is 0 Å². The highest BCUT2D eigenvalue weighted by molar-refractivity contribution is 7.99. The predicted molar refractivity (Wildman–Crippen MR) is 47.5 cm³/mol. The molecule has 1 saturated heterocycles. The van der Waals surface area contributed by atoms with Gasteiger partial charge in [-0.15, -0.1) is 0 Å². The Hall–Kier alpha value is -0.220. The molecule has 1 aliphatic rings. The van der Waals surface area contributed by atoms with Crippen molar-refractivity contribution in [3.8, 4) is 0 Å². The molecule has 1 amide bonds. The van der Waals surface area contributed by atoms with Gasteiger partial charge in [0.05, 0.1) is 0 Å². The van der Waals surface area contributed by atoms with Crippen LogP contribution >= 0.6 is 11.8 Å². The van der Waals surface area contributed by atoms with E-state index in [2.05, 4.69) is 10.2 Å². The number of rotatable bonds is 4. The van der Waals surface area contributed by atoms with Crippen LogP contribution in [0.1, 0.15) is 0 Å². The fourth-order valence-electron chi connectivity index (χ4n) is 1.09. The van der Waals surface area contributed by atoms with Gasteiger partial charge in [-0.25, -0.2) is 0 Å². The first kappa shape index (κ1) is 8.87. The summed E-state index contributed by atoms with van der Waals surface area (Å²) < 4.78 is 0. The molecule has 1 N–H and O–H groups in total. The fourth-order valence-corrected chi connectivity index (χ4v) is 2.07. The Bertz CT molecular complexity index is 115. The lowest BCUT2D eigenvalue weighted by molar-refractivity contribution is 0.306. The topological polar surface area (TPSA) is 32.3 Å². The fraction of sp³-hybridized carbons (Fsp3) is 0.857. The largest absolute Gasteiger partial charge is 0.347 e. The second-order valence-corrected chi connectivity index (χ2v) is 3.71. The van der Waals surface area contributed by atoms with Gasteiger partial charge in [0.2, 0.25) is 0 Å². The van der Waals surface area contributed by atoms with Crippen LogP contribution in [0.3, 0.4) is 0 Å². The Morgan fingerprint density at radius 3 is 2.82 bits per heavy atom. The summed E-state index contributed by atoms with van der Waals surface area (Å²) in [7, 11) is 0. The van der Waals surface area contributed by atoms with Gasteiger partial charge in [0.1, 0.15) is 0 Å². The monoisotopic (exact) mass is 173 g/mol. The summed E-state index contributed by atoms with van der Waals surface area (Å²) in [5.41, 5.74) is 0. The zero-order valence-corrected chi connectivity index (χ0v) is 7.32. The van der Waals surface area contributed by atoms with E-state index in [4.69, 9.17) is 0 Å².